The van der Waals surface area contributed by atoms with Crippen LogP contribution in [0.15, 0.2) is 17.5 Å². The van der Waals surface area contributed by atoms with E-state index in [0.717, 1.165) is 37.3 Å². The molecule has 0 aliphatic carbocycles. The van der Waals surface area contributed by atoms with Crippen molar-refractivity contribution in [3.63, 3.8) is 0 Å². The first-order chi connectivity index (χ1) is 8.22. The molecule has 0 saturated heterocycles. The maximum atomic E-state index is 8.34. The molecule has 6 heteroatoms. The number of rotatable bonds is 7. The fraction of sp³-hybridized carbons (Fsp3) is 0.545. The quantitative estimate of drug-likeness (QED) is 0.214. The van der Waals surface area contributed by atoms with Gasteiger partial charge in [-0.3, -0.25) is 9.97 Å². The number of unbranched alkanes of at least 4 members (excludes halogenated alkanes) is 1. The third kappa shape index (κ3) is 5.82. The molecule has 0 aliphatic rings. The Bertz CT molecular complexity index is 349. The molecule has 0 radical (unpaired) electrons. The Kier molecular flexibility index (Phi) is 5.95. The summed E-state index contributed by atoms with van der Waals surface area (Å²) >= 11 is 0. The molecular weight excluding hydrogens is 218 g/mol. The van der Waals surface area contributed by atoms with Gasteiger partial charge in [0.15, 0.2) is 0 Å². The Morgan fingerprint density at radius 2 is 2.24 bits per heavy atom. The Balaban J connectivity index is 2.06. The molecule has 0 saturated carbocycles. The number of nitrogens with zero attached hydrogens (tertiary/aromatic N) is 3. The SMILES string of the molecule is Cc1cnc(CNCCCCC(N)=NO)cn1. The van der Waals surface area contributed by atoms with Crippen molar-refractivity contribution >= 4 is 5.84 Å². The Morgan fingerprint density at radius 3 is 2.88 bits per heavy atom. The summed E-state index contributed by atoms with van der Waals surface area (Å²) in [5.41, 5.74) is 7.21. The van der Waals surface area contributed by atoms with Gasteiger partial charge >= 0.3 is 0 Å². The Hall–Kier alpha value is -1.69. The van der Waals surface area contributed by atoms with Crippen LogP contribution in [0.25, 0.3) is 0 Å². The number of amidine groups is 1. The Labute approximate surface area is 101 Å². The van der Waals surface area contributed by atoms with Crippen molar-refractivity contribution in [2.75, 3.05) is 6.54 Å². The van der Waals surface area contributed by atoms with Gasteiger partial charge in [0.1, 0.15) is 5.84 Å². The molecule has 1 aromatic rings. The minimum atomic E-state index is 0.286. The van der Waals surface area contributed by atoms with Crippen LogP contribution in [0, 0.1) is 6.92 Å². The predicted octanol–water partition coefficient (Wildman–Crippen LogP) is 0.791. The highest BCUT2D eigenvalue weighted by Gasteiger charge is 1.96. The minimum Gasteiger partial charge on any atom is -0.409 e. The van der Waals surface area contributed by atoms with Gasteiger partial charge in [-0.2, -0.15) is 0 Å². The lowest BCUT2D eigenvalue weighted by atomic mass is 10.2. The smallest absolute Gasteiger partial charge is 0.139 e. The van der Waals surface area contributed by atoms with E-state index in [2.05, 4.69) is 20.4 Å². The number of aryl methyl sites for hydroxylation is 1. The van der Waals surface area contributed by atoms with Crippen LogP contribution in [0.4, 0.5) is 0 Å². The van der Waals surface area contributed by atoms with Crippen molar-refractivity contribution in [3.8, 4) is 0 Å². The number of aromatic nitrogens is 2. The maximum absolute atomic E-state index is 8.34. The molecule has 0 atom stereocenters. The van der Waals surface area contributed by atoms with Crippen molar-refractivity contribution in [3.05, 3.63) is 23.8 Å². The molecule has 0 bridgehead atoms. The van der Waals surface area contributed by atoms with E-state index in [1.807, 2.05) is 6.92 Å². The van der Waals surface area contributed by atoms with E-state index >= 15 is 0 Å². The fourth-order valence-electron chi connectivity index (χ4n) is 1.33. The van der Waals surface area contributed by atoms with Gasteiger partial charge in [-0.15, -0.1) is 0 Å². The van der Waals surface area contributed by atoms with Gasteiger partial charge < -0.3 is 16.3 Å². The monoisotopic (exact) mass is 237 g/mol. The summed E-state index contributed by atoms with van der Waals surface area (Å²) in [6, 6.07) is 0. The number of nitrogens with one attached hydrogen (secondary N) is 1. The fourth-order valence-corrected chi connectivity index (χ4v) is 1.33. The molecule has 0 aliphatic heterocycles. The second-order valence-corrected chi connectivity index (χ2v) is 3.87. The van der Waals surface area contributed by atoms with Crippen LogP contribution in [0.2, 0.25) is 0 Å². The summed E-state index contributed by atoms with van der Waals surface area (Å²) in [5, 5.41) is 14.5. The molecule has 0 fully saturated rings. The van der Waals surface area contributed by atoms with Crippen LogP contribution < -0.4 is 11.1 Å². The lowest BCUT2D eigenvalue weighted by Crippen LogP contribution is -2.17. The summed E-state index contributed by atoms with van der Waals surface area (Å²) in [7, 11) is 0. The standard InChI is InChI=1S/C11H19N5O/c1-9-6-15-10(8-14-9)7-13-5-3-2-4-11(12)16-17/h6,8,13,17H,2-5,7H2,1H3,(H2,12,16). The van der Waals surface area contributed by atoms with E-state index in [1.165, 1.54) is 0 Å². The van der Waals surface area contributed by atoms with E-state index in [1.54, 1.807) is 12.4 Å². The second kappa shape index (κ2) is 7.56. The largest absolute Gasteiger partial charge is 0.409 e. The maximum Gasteiger partial charge on any atom is 0.139 e. The molecule has 0 spiro atoms. The van der Waals surface area contributed by atoms with Crippen LogP contribution >= 0.6 is 0 Å². The molecule has 0 aromatic carbocycles. The third-order valence-corrected chi connectivity index (χ3v) is 2.31. The molecule has 6 nitrogen and oxygen atoms in total. The first kappa shape index (κ1) is 13.4. The normalized spacial score (nSPS) is 11.7. The zero-order valence-corrected chi connectivity index (χ0v) is 10.1. The lowest BCUT2D eigenvalue weighted by molar-refractivity contribution is 0.316. The van der Waals surface area contributed by atoms with E-state index in [0.29, 0.717) is 6.42 Å². The molecule has 0 amide bonds. The van der Waals surface area contributed by atoms with Gasteiger partial charge in [-0.05, 0) is 26.3 Å². The highest BCUT2D eigenvalue weighted by molar-refractivity contribution is 5.79. The van der Waals surface area contributed by atoms with E-state index < -0.39 is 0 Å². The number of hydrogen-bond acceptors (Lipinski definition) is 5. The highest BCUT2D eigenvalue weighted by atomic mass is 16.4. The van der Waals surface area contributed by atoms with E-state index in [-0.39, 0.29) is 5.84 Å². The highest BCUT2D eigenvalue weighted by Crippen LogP contribution is 1.96. The molecule has 1 aromatic heterocycles. The van der Waals surface area contributed by atoms with Gasteiger partial charge in [-0.25, -0.2) is 0 Å². The number of oxime groups is 1. The summed E-state index contributed by atoms with van der Waals surface area (Å²) in [4.78, 5) is 8.41. The molecule has 1 rings (SSSR count). The van der Waals surface area contributed by atoms with Gasteiger partial charge in [-0.1, -0.05) is 5.16 Å². The van der Waals surface area contributed by atoms with E-state index in [9.17, 15) is 0 Å². The van der Waals surface area contributed by atoms with Gasteiger partial charge in [0.2, 0.25) is 0 Å². The average molecular weight is 237 g/mol. The van der Waals surface area contributed by atoms with Crippen LogP contribution in [0.3, 0.4) is 0 Å². The first-order valence-corrected chi connectivity index (χ1v) is 5.67. The summed E-state index contributed by atoms with van der Waals surface area (Å²) in [6.45, 7) is 3.52. The number of nitrogens with two attached hydrogens (primary N) is 1. The minimum absolute atomic E-state index is 0.286. The third-order valence-electron chi connectivity index (χ3n) is 2.31. The van der Waals surface area contributed by atoms with Crippen molar-refractivity contribution in [2.24, 2.45) is 10.9 Å². The van der Waals surface area contributed by atoms with Crippen LogP contribution in [0.1, 0.15) is 30.7 Å². The van der Waals surface area contributed by atoms with Gasteiger partial charge in [0.05, 0.1) is 11.4 Å². The molecule has 4 N–H and O–H groups in total. The van der Waals surface area contributed by atoms with Crippen LogP contribution in [-0.2, 0) is 6.54 Å². The number of hydrogen-bond donors (Lipinski definition) is 3. The first-order valence-electron chi connectivity index (χ1n) is 5.67. The van der Waals surface area contributed by atoms with Gasteiger partial charge in [0.25, 0.3) is 0 Å². The molecule has 94 valence electrons. The summed E-state index contributed by atoms with van der Waals surface area (Å²) < 4.78 is 0. The topological polar surface area (TPSA) is 96.4 Å². The average Bonchev–Trinajstić information content (AvgIpc) is 2.35. The van der Waals surface area contributed by atoms with Crippen LogP contribution in [0.5, 0.6) is 0 Å². The van der Waals surface area contributed by atoms with Crippen LogP contribution in [-0.4, -0.2) is 27.6 Å². The molecular formula is C11H19N5O. The zero-order chi connectivity index (χ0) is 12.5. The Morgan fingerprint density at radius 1 is 1.41 bits per heavy atom. The molecule has 1 heterocycles. The molecule has 17 heavy (non-hydrogen) atoms. The van der Waals surface area contributed by atoms with E-state index in [4.69, 9.17) is 10.9 Å². The zero-order valence-electron chi connectivity index (χ0n) is 10.1. The van der Waals surface area contributed by atoms with Crippen molar-refractivity contribution in [2.45, 2.75) is 32.7 Å². The lowest BCUT2D eigenvalue weighted by Gasteiger charge is -2.04. The summed E-state index contributed by atoms with van der Waals surface area (Å²) in [5.74, 6) is 0.286. The summed E-state index contributed by atoms with van der Waals surface area (Å²) in [6.07, 6.45) is 6.05. The van der Waals surface area contributed by atoms with Gasteiger partial charge in [0, 0.05) is 25.4 Å². The predicted molar refractivity (Wildman–Crippen MR) is 65.7 cm³/mol. The van der Waals surface area contributed by atoms with Crippen molar-refractivity contribution in [1.82, 2.24) is 15.3 Å². The molecule has 0 unspecified atom stereocenters. The van der Waals surface area contributed by atoms with Crippen molar-refractivity contribution in [1.29, 1.82) is 0 Å². The van der Waals surface area contributed by atoms with Crippen molar-refractivity contribution < 1.29 is 5.21 Å². The second-order valence-electron chi connectivity index (χ2n) is 3.87.